The van der Waals surface area contributed by atoms with Gasteiger partial charge in [0.2, 0.25) is 0 Å². The Hall–Kier alpha value is -1.56. The number of fused-ring (bicyclic) bond motifs is 3. The van der Waals surface area contributed by atoms with E-state index in [0.29, 0.717) is 0 Å². The van der Waals surface area contributed by atoms with Gasteiger partial charge in [0.25, 0.3) is 0 Å². The first-order chi connectivity index (χ1) is 26.6. The highest BCUT2D eigenvalue weighted by atomic mass is 14.4. The van der Waals surface area contributed by atoms with Gasteiger partial charge in [0.1, 0.15) is 0 Å². The lowest BCUT2D eigenvalue weighted by Crippen LogP contribution is -2.24. The summed E-state index contributed by atoms with van der Waals surface area (Å²) >= 11 is 0. The van der Waals surface area contributed by atoms with Crippen LogP contribution in [0.5, 0.6) is 0 Å². The van der Waals surface area contributed by atoms with Crippen molar-refractivity contribution in [3.8, 4) is 0 Å². The Morgan fingerprint density at radius 1 is 0.241 bits per heavy atom. The zero-order valence-electron chi connectivity index (χ0n) is 37.5. The highest BCUT2D eigenvalue weighted by molar-refractivity contribution is 5.63. The van der Waals surface area contributed by atoms with E-state index in [4.69, 9.17) is 0 Å². The van der Waals surface area contributed by atoms with Gasteiger partial charge in [0.15, 0.2) is 0 Å². The lowest BCUT2D eigenvalue weighted by Gasteiger charge is -2.36. The topological polar surface area (TPSA) is 0 Å². The highest BCUT2D eigenvalue weighted by Crippen LogP contribution is 2.45. The highest BCUT2D eigenvalue weighted by Gasteiger charge is 2.32. The molecule has 0 amide bonds. The molecule has 0 heterocycles. The van der Waals surface area contributed by atoms with Crippen LogP contribution in [-0.2, 0) is 64.2 Å². The molecule has 2 aromatic carbocycles. The molecule has 0 aromatic heterocycles. The lowest BCUT2D eigenvalue weighted by atomic mass is 9.69. The average molecular weight is 739 g/mol. The fourth-order valence-corrected chi connectivity index (χ4v) is 10.8. The second kappa shape index (κ2) is 26.4. The quantitative estimate of drug-likeness (QED) is 0.0598. The molecule has 54 heavy (non-hydrogen) atoms. The molecule has 2 aromatic rings. The molecule has 0 radical (unpaired) electrons. The van der Waals surface area contributed by atoms with Crippen molar-refractivity contribution >= 4 is 0 Å². The van der Waals surface area contributed by atoms with Gasteiger partial charge in [0, 0.05) is 0 Å². The Labute approximate surface area is 338 Å². The minimum absolute atomic E-state index is 1.26. The maximum atomic E-state index is 2.39. The predicted octanol–water partition coefficient (Wildman–Crippen LogP) is 16.8. The van der Waals surface area contributed by atoms with Gasteiger partial charge < -0.3 is 0 Å². The maximum absolute atomic E-state index is 2.39. The van der Waals surface area contributed by atoms with E-state index in [0.717, 1.165) is 0 Å². The molecular formula is C54H90. The van der Waals surface area contributed by atoms with Crippen molar-refractivity contribution in [3.05, 3.63) is 66.8 Å². The SMILES string of the molecule is CCCCCCc1c(CCCCCC)c(CCCCCC)c2c(c1CCCCCC)Cc1c(CCCCCC)c3c(c(CCCCCC)c1C2)CCCC3. The summed E-state index contributed by atoms with van der Waals surface area (Å²) in [6.07, 6.45) is 49.2. The fraction of sp³-hybridized carbons (Fsp3) is 0.778. The molecular weight excluding hydrogens is 649 g/mol. The van der Waals surface area contributed by atoms with E-state index < -0.39 is 0 Å². The van der Waals surface area contributed by atoms with Crippen LogP contribution in [0.3, 0.4) is 0 Å². The number of hydrogen-bond donors (Lipinski definition) is 0. The number of rotatable bonds is 30. The summed E-state index contributed by atoms with van der Waals surface area (Å²) in [5, 5.41) is 0. The van der Waals surface area contributed by atoms with Crippen molar-refractivity contribution in [2.45, 2.75) is 273 Å². The predicted molar refractivity (Wildman–Crippen MR) is 242 cm³/mol. The molecule has 0 nitrogen and oxygen atoms in total. The summed E-state index contributed by atoms with van der Waals surface area (Å²) in [4.78, 5) is 0. The Balaban J connectivity index is 1.95. The zero-order valence-corrected chi connectivity index (χ0v) is 37.5. The Morgan fingerprint density at radius 3 is 0.759 bits per heavy atom. The van der Waals surface area contributed by atoms with Crippen LogP contribution in [0.2, 0.25) is 0 Å². The first-order valence-electron chi connectivity index (χ1n) is 25.0. The van der Waals surface area contributed by atoms with Crippen LogP contribution in [0.15, 0.2) is 0 Å². The van der Waals surface area contributed by atoms with Crippen LogP contribution in [0.25, 0.3) is 0 Å². The molecule has 2 aliphatic carbocycles. The van der Waals surface area contributed by atoms with Crippen LogP contribution in [0.4, 0.5) is 0 Å². The first-order valence-corrected chi connectivity index (χ1v) is 25.0. The smallest absolute Gasteiger partial charge is 0.00142 e. The van der Waals surface area contributed by atoms with Crippen LogP contribution < -0.4 is 0 Å². The molecule has 0 spiro atoms. The Morgan fingerprint density at radius 2 is 0.481 bits per heavy atom. The number of benzene rings is 2. The van der Waals surface area contributed by atoms with Crippen molar-refractivity contribution in [1.82, 2.24) is 0 Å². The van der Waals surface area contributed by atoms with E-state index in [1.165, 1.54) is 231 Å². The lowest BCUT2D eigenvalue weighted by molar-refractivity contribution is 0.619. The minimum atomic E-state index is 1.26. The molecule has 0 saturated carbocycles. The molecule has 0 atom stereocenters. The van der Waals surface area contributed by atoms with Crippen LogP contribution in [0, 0.1) is 0 Å². The zero-order chi connectivity index (χ0) is 38.4. The van der Waals surface area contributed by atoms with Gasteiger partial charge in [-0.3, -0.25) is 0 Å². The largest absolute Gasteiger partial charge is 0.0654 e. The van der Waals surface area contributed by atoms with Crippen LogP contribution in [-0.4, -0.2) is 0 Å². The van der Waals surface area contributed by atoms with E-state index in [1.807, 2.05) is 66.8 Å². The molecule has 0 saturated heterocycles. The molecule has 0 bridgehead atoms. The maximum Gasteiger partial charge on any atom is -0.00142 e. The normalized spacial score (nSPS) is 13.7. The summed E-state index contributed by atoms with van der Waals surface area (Å²) in [6.45, 7) is 14.3. The number of hydrogen-bond acceptors (Lipinski definition) is 0. The van der Waals surface area contributed by atoms with Gasteiger partial charge >= 0.3 is 0 Å². The van der Waals surface area contributed by atoms with E-state index in [-0.39, 0.29) is 0 Å². The van der Waals surface area contributed by atoms with Crippen LogP contribution >= 0.6 is 0 Å². The summed E-state index contributed by atoms with van der Waals surface area (Å²) in [5.41, 5.74) is 22.5. The molecule has 0 aliphatic heterocycles. The van der Waals surface area contributed by atoms with E-state index in [9.17, 15) is 0 Å². The van der Waals surface area contributed by atoms with Gasteiger partial charge in [-0.1, -0.05) is 157 Å². The van der Waals surface area contributed by atoms with Crippen molar-refractivity contribution in [2.24, 2.45) is 0 Å². The standard InChI is InChI=1S/C54H90/c1-7-13-19-25-33-43-44(34-26-20-14-8-2)48(36-28-22-16-10-4)52-42-54-50(38-30-24-18-12-6)46-40-32-31-39-45(46)49(37-29-23-17-11-5)53(54)41-51(52)47(43)35-27-21-15-9-3/h7-42H2,1-6H3. The average Bonchev–Trinajstić information content (AvgIpc) is 3.19. The Bertz CT molecular complexity index is 1240. The number of unbranched alkanes of at least 4 members (excludes halogenated alkanes) is 18. The third-order valence-corrected chi connectivity index (χ3v) is 13.9. The van der Waals surface area contributed by atoms with Crippen molar-refractivity contribution in [2.75, 3.05) is 0 Å². The van der Waals surface area contributed by atoms with Crippen molar-refractivity contribution in [1.29, 1.82) is 0 Å². The van der Waals surface area contributed by atoms with Gasteiger partial charge in [-0.05, 0) is 182 Å². The molecule has 0 heteroatoms. The second-order valence-corrected chi connectivity index (χ2v) is 18.2. The van der Waals surface area contributed by atoms with Crippen molar-refractivity contribution in [3.63, 3.8) is 0 Å². The molecule has 0 fully saturated rings. The van der Waals surface area contributed by atoms with E-state index >= 15 is 0 Å². The third-order valence-electron chi connectivity index (χ3n) is 13.9. The summed E-state index contributed by atoms with van der Waals surface area (Å²) in [5.74, 6) is 0. The third kappa shape index (κ3) is 13.0. The van der Waals surface area contributed by atoms with E-state index in [1.54, 1.807) is 0 Å². The second-order valence-electron chi connectivity index (χ2n) is 18.2. The van der Waals surface area contributed by atoms with Gasteiger partial charge in [-0.25, -0.2) is 0 Å². The van der Waals surface area contributed by atoms with Crippen molar-refractivity contribution < 1.29 is 0 Å². The Kier molecular flexibility index (Phi) is 22.1. The molecule has 4 rings (SSSR count). The molecule has 0 unspecified atom stereocenters. The molecule has 306 valence electrons. The monoisotopic (exact) mass is 739 g/mol. The molecule has 2 aliphatic rings. The summed E-state index contributed by atoms with van der Waals surface area (Å²) in [7, 11) is 0. The molecule has 0 N–H and O–H groups in total. The summed E-state index contributed by atoms with van der Waals surface area (Å²) in [6, 6.07) is 0. The van der Waals surface area contributed by atoms with Gasteiger partial charge in [-0.2, -0.15) is 0 Å². The van der Waals surface area contributed by atoms with Crippen LogP contribution in [0.1, 0.15) is 275 Å². The van der Waals surface area contributed by atoms with Gasteiger partial charge in [-0.15, -0.1) is 0 Å². The summed E-state index contributed by atoms with van der Waals surface area (Å²) < 4.78 is 0. The fourth-order valence-electron chi connectivity index (χ4n) is 10.8. The van der Waals surface area contributed by atoms with Gasteiger partial charge in [0.05, 0.1) is 0 Å². The first kappa shape index (κ1) is 45.1. The van der Waals surface area contributed by atoms with E-state index in [2.05, 4.69) is 41.5 Å². The minimum Gasteiger partial charge on any atom is -0.0654 e.